The number of aryl methyl sites for hydroxylation is 1. The second-order valence-corrected chi connectivity index (χ2v) is 6.38. The van der Waals surface area contributed by atoms with Crippen molar-refractivity contribution in [2.75, 3.05) is 24.6 Å². The number of nitrogens with two attached hydrogens (primary N) is 1. The van der Waals surface area contributed by atoms with Crippen LogP contribution in [0.2, 0.25) is 0 Å². The molecule has 0 radical (unpaired) electrons. The second-order valence-electron chi connectivity index (χ2n) is 4.68. The third-order valence-electron chi connectivity index (χ3n) is 3.32. The van der Waals surface area contributed by atoms with Crippen LogP contribution in [0.1, 0.15) is 16.7 Å². The highest BCUT2D eigenvalue weighted by Crippen LogP contribution is 2.14. The lowest BCUT2D eigenvalue weighted by molar-refractivity contribution is 0.291. The molecule has 4 nitrogen and oxygen atoms in total. The van der Waals surface area contributed by atoms with E-state index >= 15 is 0 Å². The Hall–Kier alpha value is -1.20. The molecule has 0 unspecified atom stereocenters. The molecule has 3 N–H and O–H groups in total. The topological polar surface area (TPSA) is 70.2 Å². The minimum absolute atomic E-state index is 0.109. The summed E-state index contributed by atoms with van der Waals surface area (Å²) in [7, 11) is -0.620. The molecule has 1 fully saturated rings. The fourth-order valence-corrected chi connectivity index (χ4v) is 3.24. The van der Waals surface area contributed by atoms with Crippen LogP contribution in [0, 0.1) is 12.3 Å². The van der Waals surface area contributed by atoms with E-state index in [1.807, 2.05) is 25.1 Å². The van der Waals surface area contributed by atoms with Gasteiger partial charge in [0.25, 0.3) is 0 Å². The largest absolute Gasteiger partial charge is 0.384 e. The Balaban J connectivity index is 2.05. The molecule has 0 saturated carbocycles. The molecule has 18 heavy (non-hydrogen) atoms. The van der Waals surface area contributed by atoms with Gasteiger partial charge in [-0.15, -0.1) is 0 Å². The van der Waals surface area contributed by atoms with Crippen LogP contribution in [0.15, 0.2) is 18.2 Å². The van der Waals surface area contributed by atoms with Gasteiger partial charge in [-0.05, 0) is 24.1 Å². The molecule has 0 aromatic heterocycles. The summed E-state index contributed by atoms with van der Waals surface area (Å²) in [6, 6.07) is 5.89. The molecule has 1 heterocycles. The van der Waals surface area contributed by atoms with Crippen LogP contribution in [0.5, 0.6) is 0 Å². The predicted molar refractivity (Wildman–Crippen MR) is 75.3 cm³/mol. The van der Waals surface area contributed by atoms with Gasteiger partial charge in [-0.25, -0.2) is 0 Å². The van der Waals surface area contributed by atoms with Crippen LogP contribution in [-0.4, -0.2) is 39.5 Å². The Morgan fingerprint density at radius 3 is 2.67 bits per heavy atom. The average Bonchev–Trinajstić information content (AvgIpc) is 2.34. The van der Waals surface area contributed by atoms with E-state index in [0.29, 0.717) is 0 Å². The van der Waals surface area contributed by atoms with Gasteiger partial charge in [0.05, 0.1) is 0 Å². The van der Waals surface area contributed by atoms with Crippen LogP contribution in [0.3, 0.4) is 0 Å². The number of amidine groups is 1. The van der Waals surface area contributed by atoms with E-state index in [1.165, 1.54) is 5.56 Å². The van der Waals surface area contributed by atoms with E-state index in [9.17, 15) is 4.21 Å². The molecule has 1 aromatic carbocycles. The Morgan fingerprint density at radius 1 is 1.44 bits per heavy atom. The first-order valence-corrected chi connectivity index (χ1v) is 7.56. The van der Waals surface area contributed by atoms with Gasteiger partial charge in [-0.1, -0.05) is 12.1 Å². The summed E-state index contributed by atoms with van der Waals surface area (Å²) in [6.45, 7) is 4.74. The molecule has 98 valence electrons. The van der Waals surface area contributed by atoms with Crippen molar-refractivity contribution >= 4 is 16.6 Å². The van der Waals surface area contributed by atoms with Gasteiger partial charge in [0, 0.05) is 47.5 Å². The minimum atomic E-state index is -0.620. The van der Waals surface area contributed by atoms with Crippen LogP contribution < -0.4 is 5.73 Å². The van der Waals surface area contributed by atoms with Gasteiger partial charge in [-0.2, -0.15) is 0 Å². The third-order valence-corrected chi connectivity index (χ3v) is 4.59. The summed E-state index contributed by atoms with van der Waals surface area (Å²) in [5.41, 5.74) is 8.66. The van der Waals surface area contributed by atoms with Gasteiger partial charge in [-0.3, -0.25) is 14.5 Å². The molecular formula is C13H19N3OS. The Kier molecular flexibility index (Phi) is 4.14. The lowest BCUT2D eigenvalue weighted by Gasteiger charge is -2.26. The quantitative estimate of drug-likeness (QED) is 0.628. The average molecular weight is 265 g/mol. The molecular weight excluding hydrogens is 246 g/mol. The van der Waals surface area contributed by atoms with Gasteiger partial charge in [0.15, 0.2) is 0 Å². The molecule has 5 heteroatoms. The first-order valence-electron chi connectivity index (χ1n) is 6.07. The zero-order valence-electron chi connectivity index (χ0n) is 10.6. The number of nitrogens with one attached hydrogen (secondary N) is 1. The normalized spacial score (nSPS) is 17.8. The SMILES string of the molecule is Cc1cc(C(=N)N)ccc1CN1CCS(=O)CC1. The summed E-state index contributed by atoms with van der Waals surface area (Å²) in [6.07, 6.45) is 0. The van der Waals surface area contributed by atoms with Crippen molar-refractivity contribution in [1.82, 2.24) is 4.90 Å². The lowest BCUT2D eigenvalue weighted by atomic mass is 10.0. The Labute approximate surface area is 110 Å². The summed E-state index contributed by atoms with van der Waals surface area (Å²) >= 11 is 0. The highest BCUT2D eigenvalue weighted by molar-refractivity contribution is 7.85. The summed E-state index contributed by atoms with van der Waals surface area (Å²) in [4.78, 5) is 2.33. The lowest BCUT2D eigenvalue weighted by Crippen LogP contribution is -2.37. The number of hydrogen-bond acceptors (Lipinski definition) is 3. The van der Waals surface area contributed by atoms with E-state index in [1.54, 1.807) is 0 Å². The van der Waals surface area contributed by atoms with Crippen molar-refractivity contribution in [3.8, 4) is 0 Å². The fourth-order valence-electron chi connectivity index (χ4n) is 2.12. The first kappa shape index (κ1) is 13.2. The molecule has 1 saturated heterocycles. The molecule has 0 spiro atoms. The van der Waals surface area contributed by atoms with Crippen molar-refractivity contribution in [3.63, 3.8) is 0 Å². The molecule has 0 aliphatic carbocycles. The summed E-state index contributed by atoms with van der Waals surface area (Å²) in [5.74, 6) is 1.67. The zero-order valence-corrected chi connectivity index (χ0v) is 11.4. The van der Waals surface area contributed by atoms with Gasteiger partial charge >= 0.3 is 0 Å². The van der Waals surface area contributed by atoms with Crippen molar-refractivity contribution in [2.45, 2.75) is 13.5 Å². The highest BCUT2D eigenvalue weighted by Gasteiger charge is 2.15. The van der Waals surface area contributed by atoms with Crippen molar-refractivity contribution < 1.29 is 4.21 Å². The monoisotopic (exact) mass is 265 g/mol. The smallest absolute Gasteiger partial charge is 0.122 e. The highest BCUT2D eigenvalue weighted by atomic mass is 32.2. The van der Waals surface area contributed by atoms with Crippen molar-refractivity contribution in [1.29, 1.82) is 5.41 Å². The molecule has 2 rings (SSSR count). The Bertz CT molecular complexity index is 477. The van der Waals surface area contributed by atoms with Gasteiger partial charge in [0.1, 0.15) is 5.84 Å². The van der Waals surface area contributed by atoms with Gasteiger partial charge in [0.2, 0.25) is 0 Å². The van der Waals surface area contributed by atoms with Crippen LogP contribution >= 0.6 is 0 Å². The third kappa shape index (κ3) is 3.17. The van der Waals surface area contributed by atoms with Crippen LogP contribution in [0.4, 0.5) is 0 Å². The Morgan fingerprint density at radius 2 is 2.11 bits per heavy atom. The van der Waals surface area contributed by atoms with Crippen LogP contribution in [0.25, 0.3) is 0 Å². The maximum absolute atomic E-state index is 11.3. The number of nitrogen functional groups attached to an aromatic ring is 1. The van der Waals surface area contributed by atoms with E-state index in [2.05, 4.69) is 4.90 Å². The van der Waals surface area contributed by atoms with E-state index in [-0.39, 0.29) is 5.84 Å². The maximum Gasteiger partial charge on any atom is 0.122 e. The molecule has 1 aromatic rings. The van der Waals surface area contributed by atoms with Gasteiger partial charge < -0.3 is 5.73 Å². The number of nitrogens with zero attached hydrogens (tertiary/aromatic N) is 1. The van der Waals surface area contributed by atoms with Crippen molar-refractivity contribution in [3.05, 3.63) is 34.9 Å². The second kappa shape index (κ2) is 5.63. The fraction of sp³-hybridized carbons (Fsp3) is 0.462. The number of benzene rings is 1. The van der Waals surface area contributed by atoms with Crippen molar-refractivity contribution in [2.24, 2.45) is 5.73 Å². The number of hydrogen-bond donors (Lipinski definition) is 2. The molecule has 0 amide bonds. The maximum atomic E-state index is 11.3. The molecule has 1 aliphatic heterocycles. The molecule has 0 atom stereocenters. The number of rotatable bonds is 3. The van der Waals surface area contributed by atoms with Crippen LogP contribution in [-0.2, 0) is 17.3 Å². The van der Waals surface area contributed by atoms with E-state index in [4.69, 9.17) is 11.1 Å². The first-order chi connectivity index (χ1) is 8.56. The minimum Gasteiger partial charge on any atom is -0.384 e. The van der Waals surface area contributed by atoms with E-state index in [0.717, 1.165) is 42.3 Å². The molecule has 1 aliphatic rings. The predicted octanol–water partition coefficient (Wildman–Crippen LogP) is 0.843. The summed E-state index contributed by atoms with van der Waals surface area (Å²) < 4.78 is 11.3. The van der Waals surface area contributed by atoms with E-state index < -0.39 is 10.8 Å². The molecule has 0 bridgehead atoms. The standard InChI is InChI=1S/C13H19N3OS/c1-10-8-11(13(14)15)2-3-12(10)9-16-4-6-18(17)7-5-16/h2-3,8H,4-7,9H2,1H3,(H3,14,15). The summed E-state index contributed by atoms with van der Waals surface area (Å²) in [5, 5.41) is 7.41. The zero-order chi connectivity index (χ0) is 13.1.